The lowest BCUT2D eigenvalue weighted by Gasteiger charge is -2.16. The van der Waals surface area contributed by atoms with Crippen LogP contribution in [0, 0.1) is 13.8 Å². The first-order valence-corrected chi connectivity index (χ1v) is 7.31. The number of aryl methyl sites for hydroxylation is 3. The van der Waals surface area contributed by atoms with Crippen LogP contribution >= 0.6 is 0 Å². The highest BCUT2D eigenvalue weighted by atomic mass is 15.3. The van der Waals surface area contributed by atoms with Crippen molar-refractivity contribution in [1.82, 2.24) is 24.9 Å². The predicted octanol–water partition coefficient (Wildman–Crippen LogP) is 2.15. The maximum absolute atomic E-state index is 4.51. The second kappa shape index (κ2) is 6.22. The molecule has 0 saturated heterocycles. The second-order valence-electron chi connectivity index (χ2n) is 5.22. The third-order valence-corrected chi connectivity index (χ3v) is 3.90. The molecule has 0 radical (unpaired) electrons. The molecule has 2 rings (SSSR count). The van der Waals surface area contributed by atoms with E-state index in [1.807, 2.05) is 22.6 Å². The Balaban J connectivity index is 2.25. The zero-order chi connectivity index (χ0) is 14.7. The molecule has 5 heteroatoms. The van der Waals surface area contributed by atoms with Gasteiger partial charge in [0.25, 0.3) is 0 Å². The molecular weight excluding hydrogens is 250 g/mol. The van der Waals surface area contributed by atoms with Crippen molar-refractivity contribution >= 4 is 0 Å². The molecule has 1 atom stereocenters. The summed E-state index contributed by atoms with van der Waals surface area (Å²) < 4.78 is 3.94. The Morgan fingerprint density at radius 1 is 1.30 bits per heavy atom. The Kier molecular flexibility index (Phi) is 4.60. The Morgan fingerprint density at radius 2 is 2.05 bits per heavy atom. The minimum Gasteiger partial charge on any atom is -0.310 e. The first kappa shape index (κ1) is 14.8. The molecule has 20 heavy (non-hydrogen) atoms. The van der Waals surface area contributed by atoms with E-state index in [1.54, 1.807) is 0 Å². The average Bonchev–Trinajstić information content (AvgIpc) is 2.98. The molecule has 1 unspecified atom stereocenters. The van der Waals surface area contributed by atoms with Gasteiger partial charge in [0.05, 0.1) is 11.9 Å². The van der Waals surface area contributed by atoms with Gasteiger partial charge in [0.15, 0.2) is 0 Å². The number of rotatable bonds is 6. The van der Waals surface area contributed by atoms with E-state index in [0.29, 0.717) is 6.04 Å². The summed E-state index contributed by atoms with van der Waals surface area (Å²) in [5.41, 5.74) is 4.95. The van der Waals surface area contributed by atoms with Crippen molar-refractivity contribution in [2.45, 2.75) is 46.7 Å². The van der Waals surface area contributed by atoms with E-state index in [4.69, 9.17) is 0 Å². The smallest absolute Gasteiger partial charge is 0.0629 e. The molecule has 0 amide bonds. The summed E-state index contributed by atoms with van der Waals surface area (Å²) in [5.74, 6) is 0. The number of nitrogens with zero attached hydrogens (tertiary/aromatic N) is 4. The number of likely N-dealkylation sites (N-methyl/N-ethyl adjacent to an activating group) is 1. The SMILES string of the molecule is CCNC(Cc1c(C)nn(C)c1C)c1cnn(CC)c1. The van der Waals surface area contributed by atoms with Crippen molar-refractivity contribution in [3.05, 3.63) is 34.9 Å². The average molecular weight is 275 g/mol. The van der Waals surface area contributed by atoms with Gasteiger partial charge in [-0.2, -0.15) is 10.2 Å². The molecule has 0 aromatic carbocycles. The Morgan fingerprint density at radius 3 is 2.55 bits per heavy atom. The molecule has 0 bridgehead atoms. The minimum absolute atomic E-state index is 0.293. The van der Waals surface area contributed by atoms with E-state index in [9.17, 15) is 0 Å². The van der Waals surface area contributed by atoms with E-state index >= 15 is 0 Å². The Labute approximate surface area is 121 Å². The fourth-order valence-electron chi connectivity index (χ4n) is 2.60. The summed E-state index contributed by atoms with van der Waals surface area (Å²) in [6, 6.07) is 0.293. The van der Waals surface area contributed by atoms with E-state index in [1.165, 1.54) is 16.8 Å². The molecule has 5 nitrogen and oxygen atoms in total. The van der Waals surface area contributed by atoms with E-state index in [2.05, 4.69) is 49.4 Å². The number of nitrogens with one attached hydrogen (secondary N) is 1. The highest BCUT2D eigenvalue weighted by Crippen LogP contribution is 2.22. The van der Waals surface area contributed by atoms with E-state index < -0.39 is 0 Å². The van der Waals surface area contributed by atoms with Gasteiger partial charge in [-0.1, -0.05) is 6.92 Å². The van der Waals surface area contributed by atoms with Gasteiger partial charge in [-0.05, 0) is 39.3 Å². The molecule has 0 spiro atoms. The second-order valence-corrected chi connectivity index (χ2v) is 5.22. The zero-order valence-electron chi connectivity index (χ0n) is 13.1. The molecule has 0 saturated carbocycles. The summed E-state index contributed by atoms with van der Waals surface area (Å²) in [6.07, 6.45) is 5.06. The normalized spacial score (nSPS) is 12.8. The Hall–Kier alpha value is -1.62. The highest BCUT2D eigenvalue weighted by molar-refractivity contribution is 5.27. The first-order chi connectivity index (χ1) is 9.56. The van der Waals surface area contributed by atoms with Crippen molar-refractivity contribution in [3.8, 4) is 0 Å². The van der Waals surface area contributed by atoms with Gasteiger partial charge < -0.3 is 5.32 Å². The van der Waals surface area contributed by atoms with Gasteiger partial charge in [0.1, 0.15) is 0 Å². The summed E-state index contributed by atoms with van der Waals surface area (Å²) in [4.78, 5) is 0. The fraction of sp³-hybridized carbons (Fsp3) is 0.600. The lowest BCUT2D eigenvalue weighted by Crippen LogP contribution is -2.23. The van der Waals surface area contributed by atoms with Crippen LogP contribution in [0.1, 0.15) is 42.4 Å². The van der Waals surface area contributed by atoms with Crippen molar-refractivity contribution in [2.24, 2.45) is 7.05 Å². The topological polar surface area (TPSA) is 47.7 Å². The standard InChI is InChI=1S/C15H25N5/c1-6-16-15(13-9-17-20(7-2)10-13)8-14-11(3)18-19(5)12(14)4/h9-10,15-16H,6-8H2,1-5H3. The maximum Gasteiger partial charge on any atom is 0.0629 e. The molecule has 0 aliphatic rings. The highest BCUT2D eigenvalue weighted by Gasteiger charge is 2.18. The molecule has 0 fully saturated rings. The quantitative estimate of drug-likeness (QED) is 0.878. The van der Waals surface area contributed by atoms with Crippen LogP contribution in [-0.2, 0) is 20.0 Å². The summed E-state index contributed by atoms with van der Waals surface area (Å²) in [5, 5.41) is 12.5. The van der Waals surface area contributed by atoms with Gasteiger partial charge in [0, 0.05) is 37.1 Å². The molecule has 0 aliphatic heterocycles. The van der Waals surface area contributed by atoms with Crippen LogP contribution in [0.25, 0.3) is 0 Å². The van der Waals surface area contributed by atoms with Gasteiger partial charge in [-0.15, -0.1) is 0 Å². The van der Waals surface area contributed by atoms with Crippen LogP contribution in [0.2, 0.25) is 0 Å². The summed E-state index contributed by atoms with van der Waals surface area (Å²) in [7, 11) is 2.00. The van der Waals surface area contributed by atoms with Crippen LogP contribution in [0.5, 0.6) is 0 Å². The zero-order valence-corrected chi connectivity index (χ0v) is 13.1. The van der Waals surface area contributed by atoms with Crippen LogP contribution in [0.4, 0.5) is 0 Å². The molecule has 2 heterocycles. The fourth-order valence-corrected chi connectivity index (χ4v) is 2.60. The first-order valence-electron chi connectivity index (χ1n) is 7.31. The van der Waals surface area contributed by atoms with Crippen LogP contribution < -0.4 is 5.32 Å². The third-order valence-electron chi connectivity index (χ3n) is 3.90. The lowest BCUT2D eigenvalue weighted by molar-refractivity contribution is 0.546. The largest absolute Gasteiger partial charge is 0.310 e. The maximum atomic E-state index is 4.51. The lowest BCUT2D eigenvalue weighted by atomic mass is 10.00. The number of aromatic nitrogens is 4. The number of hydrogen-bond donors (Lipinski definition) is 1. The van der Waals surface area contributed by atoms with Crippen molar-refractivity contribution in [1.29, 1.82) is 0 Å². The van der Waals surface area contributed by atoms with E-state index in [0.717, 1.165) is 25.2 Å². The molecule has 2 aromatic heterocycles. The molecule has 1 N–H and O–H groups in total. The van der Waals surface area contributed by atoms with Crippen LogP contribution in [-0.4, -0.2) is 26.1 Å². The Bertz CT molecular complexity index is 567. The van der Waals surface area contributed by atoms with Crippen molar-refractivity contribution < 1.29 is 0 Å². The minimum atomic E-state index is 0.293. The predicted molar refractivity (Wildman–Crippen MR) is 80.7 cm³/mol. The number of hydrogen-bond acceptors (Lipinski definition) is 3. The van der Waals surface area contributed by atoms with Crippen molar-refractivity contribution in [2.75, 3.05) is 6.54 Å². The summed E-state index contributed by atoms with van der Waals surface area (Å²) in [6.45, 7) is 10.3. The molecule has 0 aliphatic carbocycles. The van der Waals surface area contributed by atoms with Crippen molar-refractivity contribution in [3.63, 3.8) is 0 Å². The monoisotopic (exact) mass is 275 g/mol. The van der Waals surface area contributed by atoms with Gasteiger partial charge in [0.2, 0.25) is 0 Å². The molecular formula is C15H25N5. The molecule has 2 aromatic rings. The van der Waals surface area contributed by atoms with Crippen LogP contribution in [0.3, 0.4) is 0 Å². The van der Waals surface area contributed by atoms with Gasteiger partial charge in [-0.3, -0.25) is 9.36 Å². The van der Waals surface area contributed by atoms with Gasteiger partial charge in [-0.25, -0.2) is 0 Å². The third kappa shape index (κ3) is 2.93. The van der Waals surface area contributed by atoms with Crippen LogP contribution in [0.15, 0.2) is 12.4 Å². The van der Waals surface area contributed by atoms with Gasteiger partial charge >= 0.3 is 0 Å². The van der Waals surface area contributed by atoms with E-state index in [-0.39, 0.29) is 0 Å². The molecule has 110 valence electrons. The summed E-state index contributed by atoms with van der Waals surface area (Å²) >= 11 is 0.